The summed E-state index contributed by atoms with van der Waals surface area (Å²) in [5.41, 5.74) is 0. The molecule has 0 unspecified atom stereocenters. The van der Waals surface area contributed by atoms with E-state index in [-0.39, 0.29) is 23.6 Å². The fraction of sp³-hybridized carbons (Fsp3) is 0.500. The van der Waals surface area contributed by atoms with Crippen LogP contribution in [0.25, 0.3) is 0 Å². The topological polar surface area (TPSA) is 153 Å². The van der Waals surface area contributed by atoms with Crippen molar-refractivity contribution in [3.05, 3.63) is 50.6 Å². The molecule has 4 N–H and O–H groups in total. The van der Waals surface area contributed by atoms with Gasteiger partial charge in [-0.05, 0) is 24.3 Å². The summed E-state index contributed by atoms with van der Waals surface area (Å²) in [6.45, 7) is 18.6. The predicted molar refractivity (Wildman–Crippen MR) is 136 cm³/mol. The summed E-state index contributed by atoms with van der Waals surface area (Å²) in [6, 6.07) is 0. The Balaban J connectivity index is 0. The molecule has 0 bridgehead atoms. The number of rotatable bonds is 22. The number of hydrogen-bond acceptors (Lipinski definition) is 8. The second-order valence-corrected chi connectivity index (χ2v) is 6.43. The molecular formula is C24H40N4O8. The summed E-state index contributed by atoms with van der Waals surface area (Å²) < 4.78 is 20.9. The van der Waals surface area contributed by atoms with Gasteiger partial charge in [0.2, 0.25) is 23.6 Å². The number of ether oxygens (including phenoxy) is 4. The van der Waals surface area contributed by atoms with Crippen LogP contribution in [0.3, 0.4) is 0 Å². The molecule has 0 aromatic rings. The van der Waals surface area contributed by atoms with Gasteiger partial charge in [0, 0.05) is 26.2 Å². The van der Waals surface area contributed by atoms with Crippen LogP contribution >= 0.6 is 0 Å². The third kappa shape index (κ3) is 28.7. The van der Waals surface area contributed by atoms with Crippen LogP contribution < -0.4 is 21.3 Å². The summed E-state index contributed by atoms with van der Waals surface area (Å²) in [6.07, 6.45) is 4.83. The van der Waals surface area contributed by atoms with E-state index in [4.69, 9.17) is 18.9 Å². The summed E-state index contributed by atoms with van der Waals surface area (Å²) >= 11 is 0. The minimum atomic E-state index is -0.224. The normalized spacial score (nSPS) is 9.56. The van der Waals surface area contributed by atoms with Crippen LogP contribution in [0.2, 0.25) is 0 Å². The first kappa shape index (κ1) is 34.8. The average molecular weight is 513 g/mol. The van der Waals surface area contributed by atoms with Gasteiger partial charge in [0.1, 0.15) is 0 Å². The molecule has 12 heteroatoms. The maximum absolute atomic E-state index is 10.8. The summed E-state index contributed by atoms with van der Waals surface area (Å²) in [5.74, 6) is -0.871. The van der Waals surface area contributed by atoms with E-state index in [1.807, 2.05) is 0 Å². The van der Waals surface area contributed by atoms with E-state index in [2.05, 4.69) is 47.6 Å². The van der Waals surface area contributed by atoms with Crippen molar-refractivity contribution in [2.45, 2.75) is 0 Å². The van der Waals surface area contributed by atoms with Crippen molar-refractivity contribution < 1.29 is 38.1 Å². The Morgan fingerprint density at radius 1 is 0.417 bits per heavy atom. The molecule has 0 aromatic heterocycles. The zero-order valence-corrected chi connectivity index (χ0v) is 20.9. The van der Waals surface area contributed by atoms with E-state index in [9.17, 15) is 19.2 Å². The Morgan fingerprint density at radius 3 is 0.833 bits per heavy atom. The highest BCUT2D eigenvalue weighted by molar-refractivity contribution is 5.87. The number of carbonyl (C=O) groups is 4. The minimum absolute atomic E-state index is 0.212. The molecule has 0 radical (unpaired) electrons. The van der Waals surface area contributed by atoms with Crippen molar-refractivity contribution >= 4 is 23.6 Å². The van der Waals surface area contributed by atoms with E-state index in [1.54, 1.807) is 0 Å². The predicted octanol–water partition coefficient (Wildman–Crippen LogP) is -0.752. The van der Waals surface area contributed by atoms with Crippen LogP contribution in [-0.2, 0) is 38.1 Å². The lowest BCUT2D eigenvalue weighted by Gasteiger charge is -2.07. The fourth-order valence-electron chi connectivity index (χ4n) is 1.92. The van der Waals surface area contributed by atoms with E-state index in [0.29, 0.717) is 79.0 Å². The Morgan fingerprint density at radius 2 is 0.611 bits per heavy atom. The molecule has 0 aliphatic rings. The molecule has 204 valence electrons. The van der Waals surface area contributed by atoms with Crippen molar-refractivity contribution in [1.82, 2.24) is 21.3 Å². The second-order valence-electron chi connectivity index (χ2n) is 6.43. The van der Waals surface area contributed by atoms with Gasteiger partial charge >= 0.3 is 0 Å². The van der Waals surface area contributed by atoms with Crippen LogP contribution in [0, 0.1) is 0 Å². The van der Waals surface area contributed by atoms with Crippen LogP contribution in [-0.4, -0.2) is 103 Å². The molecule has 0 rings (SSSR count). The van der Waals surface area contributed by atoms with Crippen molar-refractivity contribution in [1.29, 1.82) is 0 Å². The first-order valence-electron chi connectivity index (χ1n) is 11.3. The van der Waals surface area contributed by atoms with Crippen molar-refractivity contribution in [3.63, 3.8) is 0 Å². The molecule has 0 atom stereocenters. The van der Waals surface area contributed by atoms with Crippen molar-refractivity contribution in [2.75, 3.05) is 79.0 Å². The third-order valence-corrected chi connectivity index (χ3v) is 3.67. The van der Waals surface area contributed by atoms with Gasteiger partial charge < -0.3 is 40.2 Å². The molecule has 0 aliphatic heterocycles. The Hall–Kier alpha value is -3.32. The number of hydrogen-bond donors (Lipinski definition) is 4. The SMILES string of the molecule is C=CC(=O)NCCOCCNC(=O)C=C.C=CC(=O)NCCOCCOCCOCCNC(=O)C=C. The summed E-state index contributed by atoms with van der Waals surface area (Å²) in [4.78, 5) is 42.9. The van der Waals surface area contributed by atoms with Gasteiger partial charge in [0.15, 0.2) is 0 Å². The van der Waals surface area contributed by atoms with Crippen LogP contribution in [0.5, 0.6) is 0 Å². The van der Waals surface area contributed by atoms with Gasteiger partial charge in [-0.2, -0.15) is 0 Å². The Labute approximate surface area is 213 Å². The second kappa shape index (κ2) is 27.9. The third-order valence-electron chi connectivity index (χ3n) is 3.67. The molecule has 0 saturated carbocycles. The zero-order valence-electron chi connectivity index (χ0n) is 20.9. The van der Waals surface area contributed by atoms with Gasteiger partial charge in [0.25, 0.3) is 0 Å². The molecule has 0 spiro atoms. The maximum Gasteiger partial charge on any atom is 0.243 e. The van der Waals surface area contributed by atoms with Crippen LogP contribution in [0.15, 0.2) is 50.6 Å². The molecule has 0 heterocycles. The lowest BCUT2D eigenvalue weighted by atomic mass is 10.5. The molecular weight excluding hydrogens is 472 g/mol. The fourth-order valence-corrected chi connectivity index (χ4v) is 1.92. The number of amides is 4. The van der Waals surface area contributed by atoms with Gasteiger partial charge in [-0.25, -0.2) is 0 Å². The van der Waals surface area contributed by atoms with Gasteiger partial charge in [-0.1, -0.05) is 26.3 Å². The zero-order chi connectivity index (χ0) is 27.3. The monoisotopic (exact) mass is 512 g/mol. The highest BCUT2D eigenvalue weighted by atomic mass is 16.5. The van der Waals surface area contributed by atoms with Gasteiger partial charge in [0.05, 0.1) is 52.9 Å². The van der Waals surface area contributed by atoms with E-state index in [1.165, 1.54) is 24.3 Å². The lowest BCUT2D eigenvalue weighted by Crippen LogP contribution is -2.28. The molecule has 0 aromatic carbocycles. The molecule has 0 aliphatic carbocycles. The first-order valence-corrected chi connectivity index (χ1v) is 11.3. The Bertz CT molecular complexity index is 617. The van der Waals surface area contributed by atoms with Crippen LogP contribution in [0.4, 0.5) is 0 Å². The van der Waals surface area contributed by atoms with E-state index < -0.39 is 0 Å². The average Bonchev–Trinajstić information content (AvgIpc) is 2.90. The van der Waals surface area contributed by atoms with E-state index >= 15 is 0 Å². The summed E-state index contributed by atoms with van der Waals surface area (Å²) in [5, 5.41) is 10.3. The minimum Gasteiger partial charge on any atom is -0.378 e. The Kier molecular flexibility index (Phi) is 27.0. The van der Waals surface area contributed by atoms with Crippen molar-refractivity contribution in [2.24, 2.45) is 0 Å². The van der Waals surface area contributed by atoms with Crippen LogP contribution in [0.1, 0.15) is 0 Å². The first-order chi connectivity index (χ1) is 17.4. The molecule has 0 fully saturated rings. The standard InChI is InChI=1S/C14H24N2O5.C10H16N2O3/c1-3-13(17)15-5-7-19-9-11-21-12-10-20-8-6-16-14(18)4-2;1-3-9(13)11-5-7-15-8-6-12-10(14)4-2/h3-4H,1-2,5-12H2,(H,15,17)(H,16,18);3-4H,1-2,5-8H2,(H,11,13)(H,12,14). The number of nitrogens with one attached hydrogen (secondary N) is 4. The van der Waals surface area contributed by atoms with E-state index in [0.717, 1.165) is 0 Å². The highest BCUT2D eigenvalue weighted by Gasteiger charge is 1.96. The number of carbonyl (C=O) groups excluding carboxylic acids is 4. The molecule has 12 nitrogen and oxygen atoms in total. The molecule has 0 saturated heterocycles. The summed E-state index contributed by atoms with van der Waals surface area (Å²) in [7, 11) is 0. The maximum atomic E-state index is 10.8. The largest absolute Gasteiger partial charge is 0.378 e. The van der Waals surface area contributed by atoms with Gasteiger partial charge in [-0.15, -0.1) is 0 Å². The highest BCUT2D eigenvalue weighted by Crippen LogP contribution is 1.81. The molecule has 36 heavy (non-hydrogen) atoms. The van der Waals surface area contributed by atoms with Gasteiger partial charge in [-0.3, -0.25) is 19.2 Å². The van der Waals surface area contributed by atoms with Crippen molar-refractivity contribution in [3.8, 4) is 0 Å². The quantitative estimate of drug-likeness (QED) is 0.109. The molecule has 4 amide bonds. The smallest absolute Gasteiger partial charge is 0.243 e. The lowest BCUT2D eigenvalue weighted by molar-refractivity contribution is -0.117.